The second-order valence-corrected chi connectivity index (χ2v) is 38.9. The number of benzene rings is 2. The van der Waals surface area contributed by atoms with E-state index in [1.807, 2.05) is 9.44 Å². The molecule has 0 unspecified atom stereocenters. The van der Waals surface area contributed by atoms with Crippen LogP contribution in [0.2, 0.25) is 15.1 Å². The molecule has 0 fully saturated rings. The Balaban J connectivity index is -0.00000138. The number of aliphatic imine (C=N–C) groups is 4. The zero-order valence-electron chi connectivity index (χ0n) is 63.5. The van der Waals surface area contributed by atoms with Crippen molar-refractivity contribution in [3.63, 3.8) is 0 Å². The van der Waals surface area contributed by atoms with Gasteiger partial charge in [0.15, 0.2) is 10.3 Å². The molecule has 0 bridgehead atoms. The molecule has 0 saturated heterocycles. The van der Waals surface area contributed by atoms with Crippen molar-refractivity contribution < 1.29 is 118 Å². The maximum atomic E-state index is 12.9. The number of fused-ring (bicyclic) bond motifs is 1. The van der Waals surface area contributed by atoms with Gasteiger partial charge in [-0.25, -0.2) is 84.6 Å². The van der Waals surface area contributed by atoms with Gasteiger partial charge in [-0.15, -0.1) is 27.9 Å². The van der Waals surface area contributed by atoms with Gasteiger partial charge in [-0.3, -0.25) is 48.2 Å². The van der Waals surface area contributed by atoms with E-state index in [9.17, 15) is 94.0 Å². The van der Waals surface area contributed by atoms with Gasteiger partial charge in [-0.05, 0) is 114 Å². The Labute approximate surface area is 682 Å². The summed E-state index contributed by atoms with van der Waals surface area (Å²) >= 11 is 23.5. The Kier molecular flexibility index (Phi) is 48.9. The van der Waals surface area contributed by atoms with Crippen LogP contribution in [0.1, 0.15) is 73.4 Å². The number of amides is 4. The normalized spacial score (nSPS) is 13.9. The molecule has 0 aliphatic carbocycles. The van der Waals surface area contributed by atoms with Crippen LogP contribution < -0.4 is 57.2 Å². The molecule has 56 heteroatoms. The summed E-state index contributed by atoms with van der Waals surface area (Å²) in [6.07, 6.45) is 11.1. The number of nitrogens with one attached hydrogen (secondary N) is 7. The van der Waals surface area contributed by atoms with Gasteiger partial charge in [0.2, 0.25) is 62.0 Å². The number of alkyl carbamates (subject to hydrolysis) is 2. The van der Waals surface area contributed by atoms with Gasteiger partial charge in [0.1, 0.15) is 39.7 Å². The molecule has 640 valence electrons. The van der Waals surface area contributed by atoms with Gasteiger partial charge in [-0.1, -0.05) is 58.3 Å². The van der Waals surface area contributed by atoms with Gasteiger partial charge < -0.3 is 67.2 Å². The lowest BCUT2D eigenvalue weighted by Crippen LogP contribution is -2.46. The highest BCUT2D eigenvalue weighted by Gasteiger charge is 2.31. The van der Waals surface area contributed by atoms with Crippen LogP contribution in [0.15, 0.2) is 54.7 Å². The third-order valence-electron chi connectivity index (χ3n) is 11.1. The average Bonchev–Trinajstić information content (AvgIpc) is 0.773. The maximum Gasteiger partial charge on any atom is 0.408 e. The minimum Gasteiger partial charge on any atom is -0.480 e. The highest BCUT2D eigenvalue weighted by Crippen LogP contribution is 2.35. The van der Waals surface area contributed by atoms with E-state index in [0.29, 0.717) is 39.1 Å². The first-order valence-electron chi connectivity index (χ1n) is 30.5. The molecular weight excluding hydrogens is 1750 g/mol. The molecule has 43 nitrogen and oxygen atoms in total. The van der Waals surface area contributed by atoms with Crippen LogP contribution >= 0.6 is 81.9 Å². The number of carboxylic acid groups (broad SMARTS) is 2. The van der Waals surface area contributed by atoms with Crippen LogP contribution in [0, 0.1) is 0 Å². The smallest absolute Gasteiger partial charge is 0.408 e. The van der Waals surface area contributed by atoms with Crippen molar-refractivity contribution in [1.82, 2.24) is 39.7 Å². The van der Waals surface area contributed by atoms with Crippen LogP contribution in [0.25, 0.3) is 0 Å². The molecule has 2 aromatic carbocycles. The number of ether oxygens (including phenoxy) is 4. The van der Waals surface area contributed by atoms with Crippen molar-refractivity contribution >= 4 is 216 Å². The number of aliphatic carboxylic acids is 2. The van der Waals surface area contributed by atoms with Gasteiger partial charge in [0.05, 0.1) is 93.5 Å². The number of guanidine groups is 2. The fraction of sp³-hybridized carbons (Fsp3) is 0.554. The predicted molar refractivity (Wildman–Crippen MR) is 436 cm³/mol. The third kappa shape index (κ3) is 55.3. The molecule has 3 rings (SSSR count). The summed E-state index contributed by atoms with van der Waals surface area (Å²) in [4.78, 5) is 111. The Hall–Kier alpha value is -7.16. The maximum absolute atomic E-state index is 12.9. The van der Waals surface area contributed by atoms with E-state index in [1.165, 1.54) is 43.8 Å². The van der Waals surface area contributed by atoms with Crippen LogP contribution in [0.4, 0.5) is 9.59 Å². The lowest BCUT2D eigenvalue weighted by Gasteiger charge is -2.30. The number of thioether (sulfide) groups is 4. The summed E-state index contributed by atoms with van der Waals surface area (Å²) in [7, 11) is -18.2. The number of carboxylic acids is 2. The molecule has 0 radical (unpaired) electrons. The molecular formula is C56H94Cl3N17O26S10. The molecule has 4 atom stereocenters. The predicted octanol–water partition coefficient (Wildman–Crippen LogP) is -0.271. The fourth-order valence-electron chi connectivity index (χ4n) is 6.92. The summed E-state index contributed by atoms with van der Waals surface area (Å²) < 4.78 is 159. The molecule has 4 amide bonds. The number of nitrogens with two attached hydrogens (primary N) is 4. The number of hydrogen-bond acceptors (Lipinski definition) is 33. The number of rotatable bonds is 22. The van der Waals surface area contributed by atoms with E-state index in [1.54, 1.807) is 95.7 Å². The van der Waals surface area contributed by atoms with E-state index in [2.05, 4.69) is 64.4 Å². The summed E-state index contributed by atoms with van der Waals surface area (Å²) in [6, 6.07) is 3.06. The number of carbonyl (C=O) groups excluding carboxylic acids is 6. The minimum absolute atomic E-state index is 0.0275. The van der Waals surface area contributed by atoms with Crippen molar-refractivity contribution in [1.29, 1.82) is 0 Å². The molecule has 1 heterocycles. The Morgan fingerprint density at radius 3 is 1.29 bits per heavy atom. The number of esters is 2. The summed E-state index contributed by atoms with van der Waals surface area (Å²) in [5.41, 5.74) is 16.1. The third-order valence-corrected chi connectivity index (χ3v) is 18.5. The largest absolute Gasteiger partial charge is 0.480 e. The Morgan fingerprint density at radius 2 is 0.946 bits per heavy atom. The van der Waals surface area contributed by atoms with Crippen LogP contribution in [0.5, 0.6) is 0 Å². The average molecular weight is 1850 g/mol. The monoisotopic (exact) mass is 1850 g/mol. The van der Waals surface area contributed by atoms with Crippen LogP contribution in [0.3, 0.4) is 0 Å². The second-order valence-electron chi connectivity index (χ2n) is 23.9. The summed E-state index contributed by atoms with van der Waals surface area (Å²) in [6.45, 7) is 9.25. The number of methoxy groups -OCH3 is 2. The van der Waals surface area contributed by atoms with E-state index in [-0.39, 0.29) is 64.0 Å². The number of sulfonamides is 6. The number of carbonyl (C=O) groups is 8. The minimum atomic E-state index is -3.71. The SMILES string of the molecule is COC(=O)[C@@H](N)CN=C(N)NS(C)(=O)=O.COC(=O)[C@H](CN=C(NS(C)(=O)=O)SC)NC(=O)OC(C)(C)C.CS(=O)(=O)NC(N)=NC[C@H](NC(=O)c1c(Cl)cc2c(c1Cl)CCN(C(=O)c1ccc(Cl)cc1)C2)C(=O)O.CS(N)(=O)=O.CSC(=NC[C@H](NC(=O)OC(C)(C)C)C(=O)O)NS(C)(=O)=O.CSC(=NS(C)(=O)=O)SC. The highest BCUT2D eigenvalue weighted by atomic mass is 35.5. The zero-order valence-corrected chi connectivity index (χ0v) is 74.0. The first-order chi connectivity index (χ1) is 50.7. The van der Waals surface area contributed by atoms with E-state index < -0.39 is 150 Å². The highest BCUT2D eigenvalue weighted by molar-refractivity contribution is 8.38. The second kappa shape index (κ2) is 50.2. The van der Waals surface area contributed by atoms with Gasteiger partial charge in [0.25, 0.3) is 21.8 Å². The van der Waals surface area contributed by atoms with E-state index in [0.717, 1.165) is 61.1 Å². The molecule has 0 saturated carbocycles. The number of primary sulfonamides is 1. The molecule has 112 heavy (non-hydrogen) atoms. The lowest BCUT2D eigenvalue weighted by atomic mass is 9.96. The van der Waals surface area contributed by atoms with Crippen LogP contribution in [-0.4, -0.2) is 285 Å². The van der Waals surface area contributed by atoms with Gasteiger partial charge in [-0.2, -0.15) is 0 Å². The van der Waals surface area contributed by atoms with Gasteiger partial charge >= 0.3 is 36.1 Å². The molecule has 0 aromatic heterocycles. The lowest BCUT2D eigenvalue weighted by molar-refractivity contribution is -0.143. The van der Waals surface area contributed by atoms with Crippen molar-refractivity contribution in [3.8, 4) is 0 Å². The van der Waals surface area contributed by atoms with Crippen molar-refractivity contribution in [2.24, 2.45) is 46.7 Å². The first-order valence-corrected chi connectivity index (χ1v) is 47.9. The van der Waals surface area contributed by atoms with Gasteiger partial charge in [0, 0.05) is 23.7 Å². The number of nitrogens with zero attached hydrogens (tertiary/aromatic N) is 6. The topological polar surface area (TPSA) is 672 Å². The number of amidine groups is 2. The summed E-state index contributed by atoms with van der Waals surface area (Å²) in [5.74, 6) is -6.05. The Morgan fingerprint density at radius 1 is 0.571 bits per heavy atom. The Bertz CT molecular complexity index is 4440. The van der Waals surface area contributed by atoms with Crippen molar-refractivity contribution in [2.45, 2.75) is 89.9 Å². The number of hydrogen-bond donors (Lipinski definition) is 13. The quantitative estimate of drug-likeness (QED) is 0.0312. The molecule has 2 aromatic rings. The van der Waals surface area contributed by atoms with Crippen molar-refractivity contribution in [3.05, 3.63) is 67.7 Å². The van der Waals surface area contributed by atoms with E-state index >= 15 is 0 Å². The standard InChI is InChI=1S/C22H22Cl3N5O6S.C12H23N3O6S2.C11H21N3O6S2.C6H14N4O4S.C4H9NO2S3.CH5NO2S/c1-37(35,36)29-22(26)27-9-16(21(33)34)28-19(31)17-15(24)8-12-10-30(7-6-14(12)18(17)25)20(32)11-2-4-13(23)5-3-11;1-12(2,3)21-11(17)14-8(9(16)20-4)7-13-10(22-5)15-23(6,18)19;1-11(2,3)20-10(17)13-7(8(15)16)6-12-9(21-4)14-22(5,18)19;1-14-5(11)4(7)3-9-6(8)10-15(2,12)13;1-8-4(9-2)5-10(3,6)7;1-5(2,3)4/h2-5,8,16H,6-7,9-10H2,1H3,(H,28,31)(H,33,34)(H3,26,27,29);8H,7H2,1-6H3,(H,13,15)(H,14,17);7H,6H2,1-5H3,(H,12,14)(H,13,17)(H,15,16);4H,3,7H2,1-2H3,(H3,8,9,10);1-3H3;1H3,(H2,2,3,4)/t16-;8-;7-;4-;;/m0000../s1. The summed E-state index contributed by atoms with van der Waals surface area (Å²) in [5, 5.41) is 30.2. The fourth-order valence-corrected chi connectivity index (χ4v) is 13.8. The molecule has 0 spiro atoms. The first kappa shape index (κ1) is 109. The molecule has 1 aliphatic heterocycles. The zero-order chi connectivity index (χ0) is 88.1. The molecule has 1 aliphatic rings. The molecule has 17 N–H and O–H groups in total. The number of halogens is 3. The van der Waals surface area contributed by atoms with Crippen LogP contribution in [-0.2, 0) is 111 Å². The van der Waals surface area contributed by atoms with E-state index in [4.69, 9.17) is 66.6 Å². The van der Waals surface area contributed by atoms with Crippen molar-refractivity contribution in [2.75, 3.05) is 110 Å².